The average Bonchev–Trinajstić information content (AvgIpc) is 3.39. The number of hydrogen-bond donors (Lipinski definition) is 4. The van der Waals surface area contributed by atoms with Crippen LogP contribution in [0.2, 0.25) is 0 Å². The first kappa shape index (κ1) is 70.7. The molecule has 12 heteroatoms. The Morgan fingerprint density at radius 3 is 1.00 bits per heavy atom. The van der Waals surface area contributed by atoms with Gasteiger partial charge in [-0.05, 0) is 38.5 Å². The van der Waals surface area contributed by atoms with E-state index >= 15 is 0 Å². The number of aliphatic hydroxyl groups is 2. The largest absolute Gasteiger partial charge is 0.462 e. The molecule has 0 spiro atoms. The highest BCUT2D eigenvalue weighted by Gasteiger charge is 2.47. The van der Waals surface area contributed by atoms with Crippen LogP contribution in [-0.4, -0.2) is 90.5 Å². The number of unbranched alkanes of at least 4 members (excludes halogenated alkanes) is 36. The zero-order valence-corrected chi connectivity index (χ0v) is 49.4. The molecule has 7 atom stereocenters. The normalized spacial score (nSPS) is 18.4. The number of hydrogen-bond acceptors (Lipinski definition) is 10. The first-order chi connectivity index (χ1) is 36.6. The van der Waals surface area contributed by atoms with Crippen LogP contribution in [0.5, 0.6) is 0 Å². The molecule has 1 aliphatic rings. The van der Waals surface area contributed by atoms with E-state index in [-0.39, 0.29) is 24.8 Å². The summed E-state index contributed by atoms with van der Waals surface area (Å²) >= 11 is 0. The zero-order valence-electron chi connectivity index (χ0n) is 49.4. The minimum atomic E-state index is -1.39. The molecule has 2 amide bonds. The van der Waals surface area contributed by atoms with Gasteiger partial charge in [0.05, 0.1) is 25.5 Å². The molecular weight excluding hydrogens is 945 g/mol. The second-order valence-corrected chi connectivity index (χ2v) is 22.6. The van der Waals surface area contributed by atoms with Gasteiger partial charge in [0.25, 0.3) is 0 Å². The van der Waals surface area contributed by atoms with Gasteiger partial charge >= 0.3 is 11.9 Å². The zero-order chi connectivity index (χ0) is 54.8. The lowest BCUT2D eigenvalue weighted by molar-refractivity contribution is -0.241. The standard InChI is InChI=1S/C63H120N2O10/c1-6-10-14-18-22-26-28-32-36-40-44-48-58(69)73-53(46-42-38-34-30-24-20-16-12-8-3)50-56(67)64-60-61(63(72-5)75-55(52-66)62(60)71)65-57(68)51-54(47-43-39-35-31-25-21-17-13-9-4)74-59(70)49-45-41-37-33-29-27-23-19-15-11-7-2/h53-55,60-63,66,71H,6-52H2,1-5H3,(H,64,67)(H,65,68)/t53-,54-,55-,60-,61-,62-,63+/m1/s1. The van der Waals surface area contributed by atoms with E-state index in [1.54, 1.807) is 0 Å². The number of carbonyl (C=O) groups is 4. The van der Waals surface area contributed by atoms with E-state index in [1.165, 1.54) is 180 Å². The lowest BCUT2D eigenvalue weighted by Crippen LogP contribution is -2.69. The Kier molecular flexibility index (Phi) is 48.3. The average molecular weight is 1070 g/mol. The van der Waals surface area contributed by atoms with E-state index in [2.05, 4.69) is 38.3 Å². The van der Waals surface area contributed by atoms with E-state index in [0.717, 1.165) is 83.5 Å². The quantitative estimate of drug-likeness (QED) is 0.0340. The first-order valence-electron chi connectivity index (χ1n) is 32.1. The van der Waals surface area contributed by atoms with Crippen LogP contribution in [-0.2, 0) is 38.1 Å². The van der Waals surface area contributed by atoms with Crippen LogP contribution in [0.3, 0.4) is 0 Å². The maximum absolute atomic E-state index is 14.0. The van der Waals surface area contributed by atoms with Crippen molar-refractivity contribution >= 4 is 23.8 Å². The fourth-order valence-corrected chi connectivity index (χ4v) is 10.7. The maximum atomic E-state index is 14.0. The second kappa shape index (κ2) is 51.2. The van der Waals surface area contributed by atoms with Gasteiger partial charge in [0.2, 0.25) is 11.8 Å². The summed E-state index contributed by atoms with van der Waals surface area (Å²) in [6.07, 6.45) is 43.4. The summed E-state index contributed by atoms with van der Waals surface area (Å²) in [4.78, 5) is 54.6. The minimum absolute atomic E-state index is 0.0932. The molecule has 0 aromatic carbocycles. The molecule has 1 rings (SSSR count). The van der Waals surface area contributed by atoms with Gasteiger partial charge in [0.1, 0.15) is 30.5 Å². The SMILES string of the molecule is CCCCCCCCCCCCCC(=O)O[C@H](CCCCCCCCCCC)CC(=O)N[C@H]1[C@@H](OC)O[C@H](CO)[C@@H](O)[C@@H]1NC(=O)C[C@@H](CCCCCCCCCCC)OC(=O)CCCCCCCCCCCCC. The fraction of sp³-hybridized carbons (Fsp3) is 0.937. The Morgan fingerprint density at radius 1 is 0.427 bits per heavy atom. The molecule has 1 saturated heterocycles. The molecule has 1 heterocycles. The van der Waals surface area contributed by atoms with E-state index in [0.29, 0.717) is 25.7 Å². The predicted octanol–water partition coefficient (Wildman–Crippen LogP) is 15.5. The van der Waals surface area contributed by atoms with Crippen molar-refractivity contribution in [3.05, 3.63) is 0 Å². The van der Waals surface area contributed by atoms with Crippen LogP contribution in [0, 0.1) is 0 Å². The Hall–Kier alpha value is -2.28. The van der Waals surface area contributed by atoms with Crippen molar-refractivity contribution in [2.75, 3.05) is 13.7 Å². The summed E-state index contributed by atoms with van der Waals surface area (Å²) < 4.78 is 23.7. The van der Waals surface area contributed by atoms with Crippen molar-refractivity contribution in [2.45, 2.75) is 366 Å². The Bertz CT molecular complexity index is 1340. The lowest BCUT2D eigenvalue weighted by atomic mass is 9.93. The van der Waals surface area contributed by atoms with Gasteiger partial charge in [0.15, 0.2) is 6.29 Å². The third-order valence-corrected chi connectivity index (χ3v) is 15.5. The molecule has 0 radical (unpaired) electrons. The summed E-state index contributed by atoms with van der Waals surface area (Å²) in [6.45, 7) is 8.40. The van der Waals surface area contributed by atoms with Crippen LogP contribution in [0.4, 0.5) is 0 Å². The van der Waals surface area contributed by atoms with Crippen LogP contribution < -0.4 is 10.6 Å². The predicted molar refractivity (Wildman–Crippen MR) is 307 cm³/mol. The third kappa shape index (κ3) is 39.7. The van der Waals surface area contributed by atoms with E-state index in [1.807, 2.05) is 0 Å². The van der Waals surface area contributed by atoms with Crippen molar-refractivity contribution in [2.24, 2.45) is 0 Å². The molecule has 0 bridgehead atoms. The topological polar surface area (TPSA) is 170 Å². The molecule has 12 nitrogen and oxygen atoms in total. The molecule has 1 aliphatic heterocycles. The van der Waals surface area contributed by atoms with Gasteiger partial charge in [-0.2, -0.15) is 0 Å². The van der Waals surface area contributed by atoms with Gasteiger partial charge < -0.3 is 39.8 Å². The lowest BCUT2D eigenvalue weighted by Gasteiger charge is -2.44. The maximum Gasteiger partial charge on any atom is 0.306 e. The van der Waals surface area contributed by atoms with Crippen molar-refractivity contribution in [1.29, 1.82) is 0 Å². The number of amides is 2. The number of ether oxygens (including phenoxy) is 4. The monoisotopic (exact) mass is 1060 g/mol. The van der Waals surface area contributed by atoms with E-state index in [4.69, 9.17) is 18.9 Å². The van der Waals surface area contributed by atoms with Gasteiger partial charge in [-0.25, -0.2) is 0 Å². The number of esters is 2. The van der Waals surface area contributed by atoms with Crippen molar-refractivity contribution in [3.8, 4) is 0 Å². The number of nitrogens with one attached hydrogen (secondary N) is 2. The van der Waals surface area contributed by atoms with Gasteiger partial charge in [-0.15, -0.1) is 0 Å². The Labute approximate surface area is 460 Å². The molecule has 0 aliphatic carbocycles. The first-order valence-corrected chi connectivity index (χ1v) is 32.1. The molecular formula is C63H120N2O10. The molecule has 0 unspecified atom stereocenters. The number of methoxy groups -OCH3 is 1. The summed E-state index contributed by atoms with van der Waals surface area (Å²) in [6, 6.07) is -2.14. The van der Waals surface area contributed by atoms with Crippen molar-refractivity contribution < 1.29 is 48.3 Å². The van der Waals surface area contributed by atoms with Crippen LogP contribution in [0.25, 0.3) is 0 Å². The van der Waals surface area contributed by atoms with Crippen LogP contribution in [0.1, 0.15) is 323 Å². The van der Waals surface area contributed by atoms with Crippen molar-refractivity contribution in [1.82, 2.24) is 10.6 Å². The number of aliphatic hydroxyl groups excluding tert-OH is 2. The van der Waals surface area contributed by atoms with Gasteiger partial charge in [-0.1, -0.05) is 259 Å². The van der Waals surface area contributed by atoms with Gasteiger partial charge in [0, 0.05) is 20.0 Å². The third-order valence-electron chi connectivity index (χ3n) is 15.5. The highest BCUT2D eigenvalue weighted by atomic mass is 16.7. The molecule has 0 aromatic rings. The Balaban J connectivity index is 3.00. The highest BCUT2D eigenvalue weighted by Crippen LogP contribution is 2.25. The van der Waals surface area contributed by atoms with E-state index in [9.17, 15) is 29.4 Å². The minimum Gasteiger partial charge on any atom is -0.462 e. The molecule has 4 N–H and O–H groups in total. The number of rotatable bonds is 54. The molecule has 442 valence electrons. The highest BCUT2D eigenvalue weighted by molar-refractivity contribution is 5.79. The van der Waals surface area contributed by atoms with Crippen LogP contribution in [0.15, 0.2) is 0 Å². The van der Waals surface area contributed by atoms with Crippen LogP contribution >= 0.6 is 0 Å². The van der Waals surface area contributed by atoms with E-state index < -0.39 is 61.2 Å². The smallest absolute Gasteiger partial charge is 0.306 e. The van der Waals surface area contributed by atoms with Crippen molar-refractivity contribution in [3.63, 3.8) is 0 Å². The summed E-state index contributed by atoms with van der Waals surface area (Å²) in [5, 5.41) is 27.7. The molecule has 75 heavy (non-hydrogen) atoms. The molecule has 1 fully saturated rings. The summed E-state index contributed by atoms with van der Waals surface area (Å²) in [7, 11) is 1.41. The second-order valence-electron chi connectivity index (χ2n) is 22.6. The molecule has 0 aromatic heterocycles. The Morgan fingerprint density at radius 2 is 0.707 bits per heavy atom. The summed E-state index contributed by atoms with van der Waals surface area (Å²) in [5.41, 5.74) is 0. The molecule has 0 saturated carbocycles. The fourth-order valence-electron chi connectivity index (χ4n) is 10.7. The van der Waals surface area contributed by atoms with Gasteiger partial charge in [-0.3, -0.25) is 19.2 Å². The summed E-state index contributed by atoms with van der Waals surface area (Å²) in [5.74, 6) is -1.47. The number of carbonyl (C=O) groups excluding carboxylic acids is 4.